The van der Waals surface area contributed by atoms with Crippen LogP contribution in [-0.2, 0) is 31.0 Å². The van der Waals surface area contributed by atoms with Crippen molar-refractivity contribution in [2.45, 2.75) is 43.5 Å². The van der Waals surface area contributed by atoms with Crippen LogP contribution in [0.1, 0.15) is 26.3 Å². The van der Waals surface area contributed by atoms with Gasteiger partial charge in [-0.15, -0.1) is 0 Å². The van der Waals surface area contributed by atoms with Crippen LogP contribution in [0.15, 0.2) is 47.4 Å². The summed E-state index contributed by atoms with van der Waals surface area (Å²) < 4.78 is 105. The van der Waals surface area contributed by atoms with Crippen LogP contribution in [0.25, 0.3) is 0 Å². The molecular weight excluding hydrogens is 539 g/mol. The summed E-state index contributed by atoms with van der Waals surface area (Å²) in [6, 6.07) is 7.13. The van der Waals surface area contributed by atoms with Gasteiger partial charge in [0.1, 0.15) is 23.2 Å². The zero-order chi connectivity index (χ0) is 27.8. The van der Waals surface area contributed by atoms with Crippen LogP contribution < -0.4 is 19.1 Å². The van der Waals surface area contributed by atoms with E-state index in [-0.39, 0.29) is 17.1 Å². The molecule has 0 saturated heterocycles. The van der Waals surface area contributed by atoms with Crippen LogP contribution in [0.5, 0.6) is 5.75 Å². The summed E-state index contributed by atoms with van der Waals surface area (Å²) in [5.41, 5.74) is -1.98. The van der Waals surface area contributed by atoms with E-state index < -0.39 is 66.8 Å². The first-order valence-corrected chi connectivity index (χ1v) is 13.9. The molecule has 37 heavy (non-hydrogen) atoms. The molecule has 1 aliphatic heterocycles. The van der Waals surface area contributed by atoms with Crippen molar-refractivity contribution in [1.29, 1.82) is 0 Å². The summed E-state index contributed by atoms with van der Waals surface area (Å²) in [4.78, 5) is 11.5. The first-order chi connectivity index (χ1) is 16.9. The van der Waals surface area contributed by atoms with E-state index in [0.29, 0.717) is 6.07 Å². The Morgan fingerprint density at radius 3 is 2.38 bits per heavy atom. The molecule has 1 amide bonds. The van der Waals surface area contributed by atoms with E-state index in [0.717, 1.165) is 22.5 Å². The summed E-state index contributed by atoms with van der Waals surface area (Å²) in [7, 11) is -7.30. The predicted molar refractivity (Wildman–Crippen MR) is 130 cm³/mol. The van der Waals surface area contributed by atoms with Gasteiger partial charge >= 0.3 is 12.3 Å². The van der Waals surface area contributed by atoms with Gasteiger partial charge in [0.05, 0.1) is 22.7 Å². The third kappa shape index (κ3) is 7.05. The molecule has 204 valence electrons. The molecule has 1 atom stereocenters. The number of carbonyl (C=O) groups excluding carboxylic acids is 1. The van der Waals surface area contributed by atoms with E-state index in [2.05, 4.69) is 10.0 Å². The van der Waals surface area contributed by atoms with Crippen molar-refractivity contribution < 1.29 is 44.3 Å². The number of carbonyl (C=O) groups is 1. The highest BCUT2D eigenvalue weighted by Gasteiger charge is 2.38. The molecule has 0 radical (unpaired) electrons. The Hall–Kier alpha value is -3.04. The Balaban J connectivity index is 2.07. The number of rotatable bonds is 6. The molecule has 0 aromatic heterocycles. The van der Waals surface area contributed by atoms with Gasteiger partial charge in [-0.3, -0.25) is 9.62 Å². The molecular formula is C22H26F3N3O7S2. The smallest absolute Gasteiger partial charge is 0.416 e. The van der Waals surface area contributed by atoms with Gasteiger partial charge in [-0.25, -0.2) is 26.4 Å². The van der Waals surface area contributed by atoms with E-state index in [1.165, 1.54) is 25.2 Å². The molecule has 0 unspecified atom stereocenters. The van der Waals surface area contributed by atoms with Gasteiger partial charge in [0.25, 0.3) is 10.0 Å². The number of hydrogen-bond donors (Lipinski definition) is 2. The Labute approximate surface area is 212 Å². The molecule has 0 bridgehead atoms. The van der Waals surface area contributed by atoms with Gasteiger partial charge in [0.15, 0.2) is 0 Å². The zero-order valence-corrected chi connectivity index (χ0v) is 21.9. The van der Waals surface area contributed by atoms with Gasteiger partial charge in [-0.2, -0.15) is 13.2 Å². The van der Waals surface area contributed by atoms with E-state index in [4.69, 9.17) is 9.47 Å². The summed E-state index contributed by atoms with van der Waals surface area (Å²) >= 11 is 0. The molecule has 0 aliphatic carbocycles. The monoisotopic (exact) mass is 565 g/mol. The van der Waals surface area contributed by atoms with Crippen molar-refractivity contribution in [2.75, 3.05) is 29.0 Å². The highest BCUT2D eigenvalue weighted by atomic mass is 32.2. The van der Waals surface area contributed by atoms with Gasteiger partial charge in [-0.05, 0) is 64.2 Å². The Kier molecular flexibility index (Phi) is 7.73. The summed E-state index contributed by atoms with van der Waals surface area (Å²) in [5, 5.41) is 2.46. The molecule has 15 heteroatoms. The van der Waals surface area contributed by atoms with Crippen LogP contribution in [-0.4, -0.2) is 54.0 Å². The van der Waals surface area contributed by atoms with Crippen molar-refractivity contribution in [3.05, 3.63) is 48.0 Å². The third-order valence-corrected chi connectivity index (χ3v) is 8.21. The fraction of sp³-hybridized carbons (Fsp3) is 0.409. The molecule has 0 fully saturated rings. The van der Waals surface area contributed by atoms with Gasteiger partial charge in [-0.1, -0.05) is 6.07 Å². The standard InChI is InChI=1S/C22H26F3N3O7S2/c1-21(2,3)35-20(29)27-15-8-9-19-18(11-15)28(12-16(34-19)13-36(30,31)26-4)37(32,33)17-7-5-6-14(10-17)22(23,24)25/h5-11,16,26H,12-13H2,1-4H3,(H,27,29)/t16-/m1/s1. The fourth-order valence-corrected chi connectivity index (χ4v) is 5.79. The van der Waals surface area contributed by atoms with Crippen molar-refractivity contribution >= 4 is 37.5 Å². The molecule has 2 aromatic rings. The quantitative estimate of drug-likeness (QED) is 0.548. The number of alkyl halides is 3. The maximum Gasteiger partial charge on any atom is 0.416 e. The molecule has 2 aromatic carbocycles. The van der Waals surface area contributed by atoms with E-state index in [9.17, 15) is 34.8 Å². The number of fused-ring (bicyclic) bond motifs is 1. The van der Waals surface area contributed by atoms with Crippen molar-refractivity contribution in [2.24, 2.45) is 0 Å². The molecule has 10 nitrogen and oxygen atoms in total. The maximum atomic E-state index is 13.6. The minimum Gasteiger partial charge on any atom is -0.485 e. The number of ether oxygens (including phenoxy) is 2. The first kappa shape index (κ1) is 28.5. The molecule has 3 rings (SSSR count). The topological polar surface area (TPSA) is 131 Å². The molecule has 1 heterocycles. The Morgan fingerprint density at radius 2 is 1.78 bits per heavy atom. The van der Waals surface area contributed by atoms with E-state index in [1.807, 2.05) is 0 Å². The second-order valence-corrected chi connectivity index (χ2v) is 12.9. The summed E-state index contributed by atoms with van der Waals surface area (Å²) in [6.45, 7) is 4.42. The number of halogens is 3. The lowest BCUT2D eigenvalue weighted by Gasteiger charge is -2.35. The van der Waals surface area contributed by atoms with Crippen LogP contribution in [0, 0.1) is 0 Å². The van der Waals surface area contributed by atoms with Crippen LogP contribution >= 0.6 is 0 Å². The lowest BCUT2D eigenvalue weighted by molar-refractivity contribution is -0.137. The lowest BCUT2D eigenvalue weighted by Crippen LogP contribution is -2.47. The van der Waals surface area contributed by atoms with E-state index in [1.54, 1.807) is 20.8 Å². The normalized spacial score (nSPS) is 16.5. The molecule has 0 saturated carbocycles. The van der Waals surface area contributed by atoms with E-state index >= 15 is 0 Å². The third-order valence-electron chi connectivity index (χ3n) is 5.00. The fourth-order valence-electron chi connectivity index (χ4n) is 3.41. The first-order valence-electron chi connectivity index (χ1n) is 10.8. The van der Waals surface area contributed by atoms with Crippen LogP contribution in [0.2, 0.25) is 0 Å². The second kappa shape index (κ2) is 10.0. The van der Waals surface area contributed by atoms with Crippen LogP contribution in [0.3, 0.4) is 0 Å². The highest BCUT2D eigenvalue weighted by Crippen LogP contribution is 2.40. The van der Waals surface area contributed by atoms with Crippen molar-refractivity contribution in [3.63, 3.8) is 0 Å². The zero-order valence-electron chi connectivity index (χ0n) is 20.3. The van der Waals surface area contributed by atoms with Crippen molar-refractivity contribution in [1.82, 2.24) is 4.72 Å². The number of anilines is 2. The number of amides is 1. The summed E-state index contributed by atoms with van der Waals surface area (Å²) in [5.74, 6) is -0.664. The van der Waals surface area contributed by atoms with Gasteiger partial charge in [0.2, 0.25) is 10.0 Å². The van der Waals surface area contributed by atoms with Gasteiger partial charge < -0.3 is 9.47 Å². The largest absolute Gasteiger partial charge is 0.485 e. The van der Waals surface area contributed by atoms with Crippen LogP contribution in [0.4, 0.5) is 29.3 Å². The van der Waals surface area contributed by atoms with Gasteiger partial charge in [0, 0.05) is 5.69 Å². The Morgan fingerprint density at radius 1 is 1.11 bits per heavy atom. The average Bonchev–Trinajstić information content (AvgIpc) is 2.76. The molecule has 2 N–H and O–H groups in total. The maximum absolute atomic E-state index is 13.6. The minimum atomic E-state index is -4.79. The second-order valence-electron chi connectivity index (χ2n) is 9.10. The average molecular weight is 566 g/mol. The number of nitrogens with zero attached hydrogens (tertiary/aromatic N) is 1. The summed E-state index contributed by atoms with van der Waals surface area (Å²) in [6.07, 6.45) is -6.80. The SMILES string of the molecule is CNS(=O)(=O)C[C@H]1CN(S(=O)(=O)c2cccc(C(F)(F)F)c2)c2cc(NC(=O)OC(C)(C)C)ccc2O1. The Bertz CT molecular complexity index is 1390. The number of sulfonamides is 2. The van der Waals surface area contributed by atoms with Crippen molar-refractivity contribution in [3.8, 4) is 5.75 Å². The number of hydrogen-bond acceptors (Lipinski definition) is 7. The highest BCUT2D eigenvalue weighted by molar-refractivity contribution is 7.93. The number of nitrogens with one attached hydrogen (secondary N) is 2. The number of benzene rings is 2. The molecule has 0 spiro atoms. The minimum absolute atomic E-state index is 0.0483. The lowest BCUT2D eigenvalue weighted by atomic mass is 10.2. The molecule has 1 aliphatic rings. The predicted octanol–water partition coefficient (Wildman–Crippen LogP) is 3.56.